The van der Waals surface area contributed by atoms with Crippen molar-refractivity contribution in [2.75, 3.05) is 0 Å². The van der Waals surface area contributed by atoms with Crippen LogP contribution in [0.5, 0.6) is 0 Å². The summed E-state index contributed by atoms with van der Waals surface area (Å²) < 4.78 is 0. The van der Waals surface area contributed by atoms with Crippen molar-refractivity contribution in [1.82, 2.24) is 0 Å². The first-order chi connectivity index (χ1) is 8.68. The van der Waals surface area contributed by atoms with Crippen LogP contribution in [0.15, 0.2) is 30.3 Å². The van der Waals surface area contributed by atoms with Gasteiger partial charge >= 0.3 is 0 Å². The summed E-state index contributed by atoms with van der Waals surface area (Å²) in [6.07, 6.45) is 4.23. The molecule has 2 heteroatoms. The monoisotopic (exact) mass is 244 g/mol. The van der Waals surface area contributed by atoms with Crippen molar-refractivity contribution in [3.8, 4) is 0 Å². The number of carbonyl (C=O) groups excluding carboxylic acids is 2. The summed E-state index contributed by atoms with van der Waals surface area (Å²) in [5.74, 6) is 0.639. The van der Waals surface area contributed by atoms with Gasteiger partial charge in [0.05, 0.1) is 0 Å². The molecule has 1 aromatic carbocycles. The molecule has 2 nitrogen and oxygen atoms in total. The molecule has 18 heavy (non-hydrogen) atoms. The van der Waals surface area contributed by atoms with E-state index in [0.717, 1.165) is 24.8 Å². The van der Waals surface area contributed by atoms with Gasteiger partial charge in [-0.15, -0.1) is 0 Å². The van der Waals surface area contributed by atoms with Gasteiger partial charge in [-0.2, -0.15) is 0 Å². The van der Waals surface area contributed by atoms with Crippen LogP contribution in [0.2, 0.25) is 0 Å². The van der Waals surface area contributed by atoms with Crippen molar-refractivity contribution in [3.05, 3.63) is 35.9 Å². The lowest BCUT2D eigenvalue weighted by molar-refractivity contribution is -0.126. The normalized spacial score (nSPS) is 21.6. The maximum absolute atomic E-state index is 12.1. The van der Waals surface area contributed by atoms with Crippen molar-refractivity contribution in [1.29, 1.82) is 0 Å². The fourth-order valence-electron chi connectivity index (χ4n) is 2.94. The highest BCUT2D eigenvalue weighted by Gasteiger charge is 2.31. The third-order valence-corrected chi connectivity index (χ3v) is 3.82. The Kier molecular flexibility index (Phi) is 4.29. The molecule has 0 unspecified atom stereocenters. The van der Waals surface area contributed by atoms with Crippen LogP contribution in [0.1, 0.15) is 50.5 Å². The molecule has 0 saturated heterocycles. The summed E-state index contributed by atoms with van der Waals surface area (Å²) in [4.78, 5) is 23.5. The molecule has 1 fully saturated rings. The molecule has 0 bridgehead atoms. The Bertz CT molecular complexity index is 422. The van der Waals surface area contributed by atoms with Crippen molar-refractivity contribution < 1.29 is 9.59 Å². The Hall–Kier alpha value is -1.44. The highest BCUT2D eigenvalue weighted by Crippen LogP contribution is 2.36. The van der Waals surface area contributed by atoms with Gasteiger partial charge in [0.15, 0.2) is 0 Å². The molecule has 2 atom stereocenters. The molecule has 0 N–H and O–H groups in total. The zero-order valence-corrected chi connectivity index (χ0v) is 10.9. The van der Waals surface area contributed by atoms with Gasteiger partial charge in [0.25, 0.3) is 0 Å². The smallest absolute Gasteiger partial charge is 0.136 e. The zero-order valence-electron chi connectivity index (χ0n) is 10.9. The quantitative estimate of drug-likeness (QED) is 0.812. The summed E-state index contributed by atoms with van der Waals surface area (Å²) in [6, 6.07) is 10.0. The second kappa shape index (κ2) is 5.94. The Balaban J connectivity index is 2.24. The van der Waals surface area contributed by atoms with Gasteiger partial charge in [0, 0.05) is 24.7 Å². The van der Waals surface area contributed by atoms with Gasteiger partial charge in [-0.1, -0.05) is 36.8 Å². The number of benzene rings is 1. The number of Topliss-reactive ketones (excluding diaryl/α,β-unsaturated/α-hetero) is 2. The van der Waals surface area contributed by atoms with Crippen molar-refractivity contribution in [2.24, 2.45) is 5.92 Å². The molecule has 1 aliphatic rings. The lowest BCUT2D eigenvalue weighted by atomic mass is 9.74. The second-order valence-electron chi connectivity index (χ2n) is 5.24. The molecule has 0 spiro atoms. The molecule has 0 radical (unpaired) electrons. The largest absolute Gasteiger partial charge is 0.300 e. The number of rotatable bonds is 4. The van der Waals surface area contributed by atoms with E-state index in [1.165, 1.54) is 0 Å². The van der Waals surface area contributed by atoms with Crippen LogP contribution < -0.4 is 0 Å². The predicted molar refractivity (Wildman–Crippen MR) is 71.4 cm³/mol. The van der Waals surface area contributed by atoms with E-state index in [2.05, 4.69) is 0 Å². The van der Waals surface area contributed by atoms with E-state index in [4.69, 9.17) is 0 Å². The summed E-state index contributed by atoms with van der Waals surface area (Å²) in [7, 11) is 0. The van der Waals surface area contributed by atoms with Gasteiger partial charge in [-0.25, -0.2) is 0 Å². The number of carbonyl (C=O) groups is 2. The molecule has 1 saturated carbocycles. The van der Waals surface area contributed by atoms with Crippen molar-refractivity contribution >= 4 is 11.6 Å². The average molecular weight is 244 g/mol. The molecule has 96 valence electrons. The number of hydrogen-bond donors (Lipinski definition) is 0. The highest BCUT2D eigenvalue weighted by molar-refractivity contribution is 5.84. The van der Waals surface area contributed by atoms with Gasteiger partial charge < -0.3 is 4.79 Å². The van der Waals surface area contributed by atoms with E-state index in [-0.39, 0.29) is 17.6 Å². The SMILES string of the molecule is CC(=O)C[C@@H](c1ccccc1)[C@@H]1CCCCC1=O. The number of ketones is 2. The zero-order chi connectivity index (χ0) is 13.0. The van der Waals surface area contributed by atoms with E-state index >= 15 is 0 Å². The summed E-state index contributed by atoms with van der Waals surface area (Å²) in [5.41, 5.74) is 1.13. The van der Waals surface area contributed by atoms with Crippen LogP contribution in [0.25, 0.3) is 0 Å². The minimum atomic E-state index is 0.0463. The van der Waals surface area contributed by atoms with E-state index < -0.39 is 0 Å². The average Bonchev–Trinajstić information content (AvgIpc) is 2.38. The van der Waals surface area contributed by atoms with E-state index in [0.29, 0.717) is 18.6 Å². The fraction of sp³-hybridized carbons (Fsp3) is 0.500. The second-order valence-corrected chi connectivity index (χ2v) is 5.24. The molecule has 0 aliphatic heterocycles. The van der Waals surface area contributed by atoms with Gasteiger partial charge in [0.1, 0.15) is 11.6 Å². The van der Waals surface area contributed by atoms with Crippen LogP contribution in [0.4, 0.5) is 0 Å². The lowest BCUT2D eigenvalue weighted by Crippen LogP contribution is -2.27. The molecular weight excluding hydrogens is 224 g/mol. The number of hydrogen-bond acceptors (Lipinski definition) is 2. The minimum absolute atomic E-state index is 0.0463. The van der Waals surface area contributed by atoms with Crippen LogP contribution in [-0.2, 0) is 9.59 Å². The maximum Gasteiger partial charge on any atom is 0.136 e. The van der Waals surface area contributed by atoms with Gasteiger partial charge in [-0.05, 0) is 25.3 Å². The summed E-state index contributed by atoms with van der Waals surface area (Å²) in [5, 5.41) is 0. The Morgan fingerprint density at radius 3 is 2.61 bits per heavy atom. The first kappa shape index (κ1) is 13.0. The van der Waals surface area contributed by atoms with E-state index in [1.54, 1.807) is 6.92 Å². The first-order valence-electron chi connectivity index (χ1n) is 6.75. The molecule has 1 aromatic rings. The van der Waals surface area contributed by atoms with E-state index in [1.807, 2.05) is 30.3 Å². The minimum Gasteiger partial charge on any atom is -0.300 e. The Labute approximate surface area is 108 Å². The lowest BCUT2D eigenvalue weighted by Gasteiger charge is -2.29. The Morgan fingerprint density at radius 2 is 2.00 bits per heavy atom. The molecule has 0 aromatic heterocycles. The molecule has 0 amide bonds. The highest BCUT2D eigenvalue weighted by atomic mass is 16.1. The predicted octanol–water partition coefficient (Wildman–Crippen LogP) is 3.51. The van der Waals surface area contributed by atoms with Crippen LogP contribution >= 0.6 is 0 Å². The van der Waals surface area contributed by atoms with Crippen LogP contribution in [0, 0.1) is 5.92 Å². The molecule has 1 aliphatic carbocycles. The van der Waals surface area contributed by atoms with E-state index in [9.17, 15) is 9.59 Å². The summed E-state index contributed by atoms with van der Waals surface area (Å²) in [6.45, 7) is 1.61. The standard InChI is InChI=1S/C16H20O2/c1-12(17)11-15(13-7-3-2-4-8-13)14-9-5-6-10-16(14)18/h2-4,7-8,14-15H,5-6,9-11H2,1H3/t14-,15-/m0/s1. The fourth-order valence-corrected chi connectivity index (χ4v) is 2.94. The van der Waals surface area contributed by atoms with Crippen molar-refractivity contribution in [3.63, 3.8) is 0 Å². The summed E-state index contributed by atoms with van der Waals surface area (Å²) >= 11 is 0. The van der Waals surface area contributed by atoms with Crippen LogP contribution in [-0.4, -0.2) is 11.6 Å². The molecule has 0 heterocycles. The molecular formula is C16H20O2. The third kappa shape index (κ3) is 3.06. The third-order valence-electron chi connectivity index (χ3n) is 3.82. The Morgan fingerprint density at radius 1 is 1.28 bits per heavy atom. The van der Waals surface area contributed by atoms with Gasteiger partial charge in [0.2, 0.25) is 0 Å². The maximum atomic E-state index is 12.1. The van der Waals surface area contributed by atoms with Gasteiger partial charge in [-0.3, -0.25) is 4.79 Å². The topological polar surface area (TPSA) is 34.1 Å². The molecule has 2 rings (SSSR count). The first-order valence-corrected chi connectivity index (χ1v) is 6.75. The van der Waals surface area contributed by atoms with Crippen molar-refractivity contribution in [2.45, 2.75) is 44.9 Å². The van der Waals surface area contributed by atoms with Crippen LogP contribution in [0.3, 0.4) is 0 Å².